The number of rotatable bonds is 8. The van der Waals surface area contributed by atoms with Crippen LogP contribution in [0.15, 0.2) is 35.9 Å². The predicted octanol–water partition coefficient (Wildman–Crippen LogP) is 2.45. The normalized spacial score (nSPS) is 17.8. The van der Waals surface area contributed by atoms with Crippen molar-refractivity contribution in [1.29, 1.82) is 0 Å². The number of amides is 2. The molecule has 0 saturated heterocycles. The van der Waals surface area contributed by atoms with Crippen LogP contribution in [0.5, 0.6) is 0 Å². The molecule has 6 nitrogen and oxygen atoms in total. The highest BCUT2D eigenvalue weighted by Gasteiger charge is 2.36. The van der Waals surface area contributed by atoms with Crippen LogP contribution in [0.4, 0.5) is 0 Å². The lowest BCUT2D eigenvalue weighted by Gasteiger charge is -2.27. The van der Waals surface area contributed by atoms with Crippen molar-refractivity contribution >= 4 is 21.7 Å². The summed E-state index contributed by atoms with van der Waals surface area (Å²) in [5, 5.41) is 2.92. The number of nitrogens with one attached hydrogen (secondary N) is 1. The number of sulfone groups is 1. The molecule has 0 radical (unpaired) electrons. The van der Waals surface area contributed by atoms with Gasteiger partial charge in [0.15, 0.2) is 0 Å². The maximum Gasteiger partial charge on any atom is 0.255 e. The molecule has 28 heavy (non-hydrogen) atoms. The van der Waals surface area contributed by atoms with Gasteiger partial charge in [0.2, 0.25) is 5.91 Å². The molecule has 1 heterocycles. The Morgan fingerprint density at radius 1 is 1.25 bits per heavy atom. The Bertz CT molecular complexity index is 876. The summed E-state index contributed by atoms with van der Waals surface area (Å²) in [7, 11) is -3.23. The van der Waals surface area contributed by atoms with Crippen molar-refractivity contribution in [2.24, 2.45) is 0 Å². The maximum absolute atomic E-state index is 12.9. The van der Waals surface area contributed by atoms with E-state index in [2.05, 4.69) is 11.4 Å². The molecule has 0 aromatic heterocycles. The van der Waals surface area contributed by atoms with E-state index in [-0.39, 0.29) is 24.0 Å². The Labute approximate surface area is 166 Å². The van der Waals surface area contributed by atoms with Crippen LogP contribution in [0.1, 0.15) is 54.4 Å². The van der Waals surface area contributed by atoms with Gasteiger partial charge in [-0.2, -0.15) is 0 Å². The van der Waals surface area contributed by atoms with E-state index in [1.807, 2.05) is 12.1 Å². The first-order valence-electron chi connectivity index (χ1n) is 9.87. The van der Waals surface area contributed by atoms with Gasteiger partial charge in [-0.3, -0.25) is 9.59 Å². The number of benzene rings is 1. The SMILES string of the molecule is CS(=O)(=O)CC[C@@H](C(=O)NCCC1=CCCCC1)N1Cc2ccccc2C1=O. The molecule has 1 aromatic rings. The maximum atomic E-state index is 12.9. The summed E-state index contributed by atoms with van der Waals surface area (Å²) >= 11 is 0. The van der Waals surface area contributed by atoms with Gasteiger partial charge in [0.25, 0.3) is 5.91 Å². The van der Waals surface area contributed by atoms with Gasteiger partial charge in [-0.1, -0.05) is 29.8 Å². The third-order valence-corrected chi connectivity index (χ3v) is 6.40. The molecule has 0 unspecified atom stereocenters. The number of hydrogen-bond acceptors (Lipinski definition) is 4. The first-order chi connectivity index (χ1) is 13.3. The van der Waals surface area contributed by atoms with Crippen molar-refractivity contribution in [1.82, 2.24) is 10.2 Å². The molecule has 0 saturated carbocycles. The molecular weight excluding hydrogens is 376 g/mol. The summed E-state index contributed by atoms with van der Waals surface area (Å²) < 4.78 is 23.3. The molecule has 1 aliphatic heterocycles. The summed E-state index contributed by atoms with van der Waals surface area (Å²) in [5.74, 6) is -0.614. The molecule has 1 N–H and O–H groups in total. The molecule has 1 atom stereocenters. The molecule has 3 rings (SSSR count). The van der Waals surface area contributed by atoms with Crippen molar-refractivity contribution in [3.05, 3.63) is 47.0 Å². The number of carbonyl (C=O) groups excluding carboxylic acids is 2. The molecule has 0 fully saturated rings. The van der Waals surface area contributed by atoms with Crippen molar-refractivity contribution in [2.75, 3.05) is 18.6 Å². The van der Waals surface area contributed by atoms with Crippen LogP contribution >= 0.6 is 0 Å². The highest BCUT2D eigenvalue weighted by Crippen LogP contribution is 2.26. The molecule has 2 amide bonds. The summed E-state index contributed by atoms with van der Waals surface area (Å²) in [5.41, 5.74) is 2.83. The van der Waals surface area contributed by atoms with Gasteiger partial charge in [0.1, 0.15) is 15.9 Å². The number of hydrogen-bond donors (Lipinski definition) is 1. The third kappa shape index (κ3) is 5.22. The van der Waals surface area contributed by atoms with Crippen LogP contribution in [-0.4, -0.2) is 49.7 Å². The van der Waals surface area contributed by atoms with E-state index in [4.69, 9.17) is 0 Å². The lowest BCUT2D eigenvalue weighted by atomic mass is 9.97. The van der Waals surface area contributed by atoms with E-state index in [1.54, 1.807) is 12.1 Å². The minimum absolute atomic E-state index is 0.104. The summed E-state index contributed by atoms with van der Waals surface area (Å²) in [4.78, 5) is 27.1. The monoisotopic (exact) mass is 404 g/mol. The Morgan fingerprint density at radius 3 is 2.71 bits per heavy atom. The Morgan fingerprint density at radius 2 is 2.04 bits per heavy atom. The van der Waals surface area contributed by atoms with Gasteiger partial charge in [-0.15, -0.1) is 0 Å². The first-order valence-corrected chi connectivity index (χ1v) is 11.9. The smallest absolute Gasteiger partial charge is 0.255 e. The van der Waals surface area contributed by atoms with Gasteiger partial charge < -0.3 is 10.2 Å². The lowest BCUT2D eigenvalue weighted by Crippen LogP contribution is -2.48. The fourth-order valence-corrected chi connectivity index (χ4v) is 4.53. The Kier molecular flexibility index (Phi) is 6.54. The second kappa shape index (κ2) is 8.90. The van der Waals surface area contributed by atoms with Gasteiger partial charge in [-0.25, -0.2) is 8.42 Å². The molecule has 152 valence electrons. The zero-order valence-corrected chi connectivity index (χ0v) is 17.1. The summed E-state index contributed by atoms with van der Waals surface area (Å²) in [6, 6.07) is 6.49. The van der Waals surface area contributed by atoms with Crippen molar-refractivity contribution in [3.8, 4) is 0 Å². The third-order valence-electron chi connectivity index (χ3n) is 5.42. The second-order valence-corrected chi connectivity index (χ2v) is 9.93. The van der Waals surface area contributed by atoms with Gasteiger partial charge in [0, 0.05) is 24.9 Å². The molecule has 0 spiro atoms. The van der Waals surface area contributed by atoms with Crippen LogP contribution in [-0.2, 0) is 21.2 Å². The van der Waals surface area contributed by atoms with Crippen LogP contribution in [0.3, 0.4) is 0 Å². The highest BCUT2D eigenvalue weighted by atomic mass is 32.2. The standard InChI is InChI=1S/C21H28N2O4S/c1-28(26,27)14-12-19(20(24)22-13-11-16-7-3-2-4-8-16)23-15-17-9-5-6-10-18(17)21(23)25/h5-7,9-10,19H,2-4,8,11-15H2,1H3,(H,22,24)/t19-/m0/s1. The van der Waals surface area contributed by atoms with E-state index < -0.39 is 15.9 Å². The van der Waals surface area contributed by atoms with Crippen LogP contribution < -0.4 is 5.32 Å². The first kappa shape index (κ1) is 20.6. The van der Waals surface area contributed by atoms with E-state index in [0.717, 1.165) is 31.1 Å². The van der Waals surface area contributed by atoms with Gasteiger partial charge in [0.05, 0.1) is 5.75 Å². The molecule has 1 aromatic carbocycles. The number of carbonyl (C=O) groups is 2. The zero-order chi connectivity index (χ0) is 20.1. The van der Waals surface area contributed by atoms with Crippen LogP contribution in [0.2, 0.25) is 0 Å². The fourth-order valence-electron chi connectivity index (χ4n) is 3.88. The minimum Gasteiger partial charge on any atom is -0.354 e. The van der Waals surface area contributed by atoms with Crippen LogP contribution in [0, 0.1) is 0 Å². The van der Waals surface area contributed by atoms with E-state index >= 15 is 0 Å². The highest BCUT2D eigenvalue weighted by molar-refractivity contribution is 7.90. The fraction of sp³-hybridized carbons (Fsp3) is 0.524. The topological polar surface area (TPSA) is 83.6 Å². The van der Waals surface area contributed by atoms with E-state index in [0.29, 0.717) is 18.7 Å². The number of fused-ring (bicyclic) bond motifs is 1. The molecule has 2 aliphatic rings. The summed E-state index contributed by atoms with van der Waals surface area (Å²) in [6.45, 7) is 0.844. The number of nitrogens with zero attached hydrogens (tertiary/aromatic N) is 1. The zero-order valence-electron chi connectivity index (χ0n) is 16.3. The van der Waals surface area contributed by atoms with Gasteiger partial charge in [-0.05, 0) is 50.2 Å². The summed E-state index contributed by atoms with van der Waals surface area (Å²) in [6.07, 6.45) is 8.90. The molecule has 1 aliphatic carbocycles. The molecule has 0 bridgehead atoms. The quantitative estimate of drug-likeness (QED) is 0.675. The average molecular weight is 405 g/mol. The Hall–Kier alpha value is -2.15. The van der Waals surface area contributed by atoms with Crippen molar-refractivity contribution < 1.29 is 18.0 Å². The molecule has 7 heteroatoms. The van der Waals surface area contributed by atoms with E-state index in [1.165, 1.54) is 23.3 Å². The van der Waals surface area contributed by atoms with Crippen molar-refractivity contribution in [2.45, 2.75) is 51.1 Å². The van der Waals surface area contributed by atoms with Crippen LogP contribution in [0.25, 0.3) is 0 Å². The van der Waals surface area contributed by atoms with E-state index in [9.17, 15) is 18.0 Å². The molecular formula is C21H28N2O4S. The minimum atomic E-state index is -3.23. The van der Waals surface area contributed by atoms with Crippen molar-refractivity contribution in [3.63, 3.8) is 0 Å². The Balaban J connectivity index is 1.67. The largest absolute Gasteiger partial charge is 0.354 e. The number of allylic oxidation sites excluding steroid dienone is 1. The van der Waals surface area contributed by atoms with Gasteiger partial charge >= 0.3 is 0 Å². The predicted molar refractivity (Wildman–Crippen MR) is 109 cm³/mol. The average Bonchev–Trinajstić information content (AvgIpc) is 2.99. The lowest BCUT2D eigenvalue weighted by molar-refractivity contribution is -0.125. The second-order valence-electron chi connectivity index (χ2n) is 7.67.